The quantitative estimate of drug-likeness (QED) is 0.455. The molecule has 0 atom stereocenters. The van der Waals surface area contributed by atoms with Crippen LogP contribution in [0.25, 0.3) is 10.2 Å². The average Bonchev–Trinajstić information content (AvgIpc) is 3.28. The molecule has 0 N–H and O–H groups in total. The van der Waals surface area contributed by atoms with Crippen molar-refractivity contribution < 1.29 is 17.9 Å². The van der Waals surface area contributed by atoms with Crippen molar-refractivity contribution in [2.24, 2.45) is 5.92 Å². The minimum absolute atomic E-state index is 0.00254. The van der Waals surface area contributed by atoms with Crippen LogP contribution in [0.3, 0.4) is 0 Å². The third-order valence-corrected chi connectivity index (χ3v) is 9.28. The van der Waals surface area contributed by atoms with E-state index in [0.29, 0.717) is 54.8 Å². The van der Waals surface area contributed by atoms with Gasteiger partial charge in [-0.3, -0.25) is 9.69 Å². The number of aryl methyl sites for hydroxylation is 1. The Bertz CT molecular complexity index is 1280. The summed E-state index contributed by atoms with van der Waals surface area (Å²) in [6, 6.07) is 12.7. The zero-order chi connectivity index (χ0) is 25.2. The molecule has 1 saturated heterocycles. The number of carbonyl (C=O) groups excluding carboxylic acids is 1. The standard InChI is InChI=1S/C25H32N4O4S2/c1-18-8-10-20(11-9-18)35(31,32)28-14-12-19(13-15-28)24(30)29(17-16-27(2)3)25-26-23-21(33-4)6-5-7-22(23)34-25/h5-11,19H,12-17H2,1-4H3. The number of benzene rings is 2. The Balaban J connectivity index is 1.52. The zero-order valence-electron chi connectivity index (χ0n) is 20.6. The van der Waals surface area contributed by atoms with E-state index in [2.05, 4.69) is 0 Å². The van der Waals surface area contributed by atoms with Crippen molar-refractivity contribution in [1.29, 1.82) is 0 Å². The lowest BCUT2D eigenvalue weighted by Crippen LogP contribution is -2.46. The topological polar surface area (TPSA) is 83.0 Å². The fourth-order valence-electron chi connectivity index (χ4n) is 4.21. The number of sulfonamides is 1. The van der Waals surface area contributed by atoms with E-state index in [0.717, 1.165) is 15.8 Å². The van der Waals surface area contributed by atoms with Gasteiger partial charge < -0.3 is 9.64 Å². The summed E-state index contributed by atoms with van der Waals surface area (Å²) in [6.07, 6.45) is 0.965. The lowest BCUT2D eigenvalue weighted by molar-refractivity contribution is -0.123. The van der Waals surface area contributed by atoms with Crippen molar-refractivity contribution in [1.82, 2.24) is 14.2 Å². The molecular formula is C25H32N4O4S2. The summed E-state index contributed by atoms with van der Waals surface area (Å²) in [7, 11) is 1.98. The molecule has 1 fully saturated rings. The lowest BCUT2D eigenvalue weighted by Gasteiger charge is -2.33. The molecule has 1 aliphatic heterocycles. The van der Waals surface area contributed by atoms with Crippen molar-refractivity contribution in [3.63, 3.8) is 0 Å². The van der Waals surface area contributed by atoms with Gasteiger partial charge >= 0.3 is 0 Å². The van der Waals surface area contributed by atoms with Crippen molar-refractivity contribution in [3.8, 4) is 5.75 Å². The molecule has 188 valence electrons. The third kappa shape index (κ3) is 5.50. The Morgan fingerprint density at radius 2 is 1.80 bits per heavy atom. The number of hydrogen-bond donors (Lipinski definition) is 0. The minimum Gasteiger partial charge on any atom is -0.494 e. The average molecular weight is 517 g/mol. The van der Waals surface area contributed by atoms with E-state index in [9.17, 15) is 13.2 Å². The van der Waals surface area contributed by atoms with Crippen LogP contribution in [0.5, 0.6) is 5.75 Å². The third-order valence-electron chi connectivity index (χ3n) is 6.32. The number of thiazole rings is 1. The van der Waals surface area contributed by atoms with Gasteiger partial charge in [0, 0.05) is 32.1 Å². The van der Waals surface area contributed by atoms with Gasteiger partial charge in [-0.25, -0.2) is 13.4 Å². The van der Waals surface area contributed by atoms with Crippen molar-refractivity contribution >= 4 is 42.6 Å². The summed E-state index contributed by atoms with van der Waals surface area (Å²) < 4.78 is 34.1. The normalized spacial score (nSPS) is 15.6. The van der Waals surface area contributed by atoms with Crippen LogP contribution in [0.2, 0.25) is 0 Å². The van der Waals surface area contributed by atoms with E-state index < -0.39 is 10.0 Å². The molecule has 0 unspecified atom stereocenters. The van der Waals surface area contributed by atoms with Crippen LogP contribution in [-0.2, 0) is 14.8 Å². The number of methoxy groups -OCH3 is 1. The number of aromatic nitrogens is 1. The molecule has 0 bridgehead atoms. The molecule has 3 aromatic rings. The number of amides is 1. The van der Waals surface area contributed by atoms with E-state index in [-0.39, 0.29) is 11.8 Å². The second-order valence-electron chi connectivity index (χ2n) is 9.09. The molecule has 0 radical (unpaired) electrons. The molecular weight excluding hydrogens is 484 g/mol. The summed E-state index contributed by atoms with van der Waals surface area (Å²) in [5.74, 6) is 0.424. The van der Waals surface area contributed by atoms with Gasteiger partial charge in [0.2, 0.25) is 15.9 Å². The monoisotopic (exact) mass is 516 g/mol. The molecule has 0 aliphatic carbocycles. The fraction of sp³-hybridized carbons (Fsp3) is 0.440. The molecule has 1 aromatic heterocycles. The first-order valence-corrected chi connectivity index (χ1v) is 13.9. The number of piperidine rings is 1. The minimum atomic E-state index is -3.57. The maximum atomic E-state index is 13.7. The maximum Gasteiger partial charge on any atom is 0.243 e. The van der Waals surface area contributed by atoms with Gasteiger partial charge in [0.15, 0.2) is 5.13 Å². The Labute approximate surface area is 211 Å². The fourth-order valence-corrected chi connectivity index (χ4v) is 6.70. The van der Waals surface area contributed by atoms with E-state index in [1.807, 2.05) is 44.1 Å². The predicted octanol–water partition coefficient (Wildman–Crippen LogP) is 3.61. The van der Waals surface area contributed by atoms with Gasteiger partial charge in [0.05, 0.1) is 16.7 Å². The van der Waals surface area contributed by atoms with Gasteiger partial charge in [-0.05, 0) is 58.1 Å². The van der Waals surface area contributed by atoms with E-state index >= 15 is 0 Å². The molecule has 1 aliphatic rings. The van der Waals surface area contributed by atoms with Crippen LogP contribution in [0.1, 0.15) is 18.4 Å². The highest BCUT2D eigenvalue weighted by molar-refractivity contribution is 7.89. The van der Waals surface area contributed by atoms with Crippen LogP contribution < -0.4 is 9.64 Å². The van der Waals surface area contributed by atoms with Crippen LogP contribution in [-0.4, -0.2) is 75.9 Å². The van der Waals surface area contributed by atoms with Gasteiger partial charge in [0.25, 0.3) is 0 Å². The van der Waals surface area contributed by atoms with Crippen LogP contribution in [0.4, 0.5) is 5.13 Å². The largest absolute Gasteiger partial charge is 0.494 e. The molecule has 0 saturated carbocycles. The van der Waals surface area contributed by atoms with Gasteiger partial charge in [-0.1, -0.05) is 35.1 Å². The van der Waals surface area contributed by atoms with Crippen molar-refractivity contribution in [2.75, 3.05) is 52.3 Å². The first kappa shape index (κ1) is 25.6. The van der Waals surface area contributed by atoms with Gasteiger partial charge in [-0.2, -0.15) is 4.31 Å². The first-order valence-electron chi connectivity index (χ1n) is 11.7. The summed E-state index contributed by atoms with van der Waals surface area (Å²) in [4.78, 5) is 22.5. The zero-order valence-corrected chi connectivity index (χ0v) is 22.2. The molecule has 10 heteroatoms. The van der Waals surface area contributed by atoms with Crippen LogP contribution >= 0.6 is 11.3 Å². The number of ether oxygens (including phenoxy) is 1. The molecule has 2 heterocycles. The molecule has 1 amide bonds. The van der Waals surface area contributed by atoms with Crippen molar-refractivity contribution in [3.05, 3.63) is 48.0 Å². The maximum absolute atomic E-state index is 13.7. The second kappa shape index (κ2) is 10.6. The summed E-state index contributed by atoms with van der Waals surface area (Å²) in [6.45, 7) is 3.77. The van der Waals surface area contributed by atoms with Gasteiger partial charge in [-0.15, -0.1) is 0 Å². The number of para-hydroxylation sites is 1. The molecule has 35 heavy (non-hydrogen) atoms. The first-order chi connectivity index (χ1) is 16.7. The number of anilines is 1. The van der Waals surface area contributed by atoms with E-state index in [4.69, 9.17) is 9.72 Å². The molecule has 0 spiro atoms. The Morgan fingerprint density at radius 1 is 1.11 bits per heavy atom. The predicted molar refractivity (Wildman–Crippen MR) is 140 cm³/mol. The highest BCUT2D eigenvalue weighted by Gasteiger charge is 2.35. The summed E-state index contributed by atoms with van der Waals surface area (Å²) >= 11 is 1.47. The number of rotatable bonds is 8. The van der Waals surface area contributed by atoms with Crippen LogP contribution in [0, 0.1) is 12.8 Å². The Morgan fingerprint density at radius 3 is 2.43 bits per heavy atom. The number of fused-ring (bicyclic) bond motifs is 1. The second-order valence-corrected chi connectivity index (χ2v) is 12.0. The van der Waals surface area contributed by atoms with Crippen molar-refractivity contribution in [2.45, 2.75) is 24.7 Å². The Kier molecular flexibility index (Phi) is 7.75. The smallest absolute Gasteiger partial charge is 0.243 e. The van der Waals surface area contributed by atoms with Gasteiger partial charge in [0.1, 0.15) is 11.3 Å². The SMILES string of the molecule is COc1cccc2sc(N(CCN(C)C)C(=O)C3CCN(S(=O)(=O)c4ccc(C)cc4)CC3)nc12. The highest BCUT2D eigenvalue weighted by Crippen LogP contribution is 2.35. The lowest BCUT2D eigenvalue weighted by atomic mass is 9.96. The summed E-state index contributed by atoms with van der Waals surface area (Å²) in [5, 5.41) is 0.644. The van der Waals surface area contributed by atoms with E-state index in [1.165, 1.54) is 15.6 Å². The van der Waals surface area contributed by atoms with E-state index in [1.54, 1.807) is 36.3 Å². The number of carbonyl (C=O) groups is 1. The molecule has 2 aromatic carbocycles. The van der Waals surface area contributed by atoms with Crippen LogP contribution in [0.15, 0.2) is 47.4 Å². The number of nitrogens with zero attached hydrogens (tertiary/aromatic N) is 4. The highest BCUT2D eigenvalue weighted by atomic mass is 32.2. The number of hydrogen-bond acceptors (Lipinski definition) is 7. The number of likely N-dealkylation sites (N-methyl/N-ethyl adjacent to an activating group) is 1. The molecule has 8 nitrogen and oxygen atoms in total. The molecule has 4 rings (SSSR count). The Hall–Kier alpha value is -2.53. The summed E-state index contributed by atoms with van der Waals surface area (Å²) in [5.41, 5.74) is 1.76.